The lowest BCUT2D eigenvalue weighted by Gasteiger charge is -2.14. The number of fused-ring (bicyclic) bond motifs is 1. The van der Waals surface area contributed by atoms with Crippen LogP contribution in [0.4, 0.5) is 5.69 Å². The first kappa shape index (κ1) is 18.7. The molecule has 1 aliphatic heterocycles. The molecule has 1 amide bonds. The van der Waals surface area contributed by atoms with Crippen LogP contribution in [0.5, 0.6) is 0 Å². The number of allylic oxidation sites excluding steroid dienone is 2. The second-order valence-electron chi connectivity index (χ2n) is 6.59. The monoisotopic (exact) mass is 428 g/mol. The first-order chi connectivity index (χ1) is 14.8. The number of nitrogens with zero attached hydrogens (tertiary/aromatic N) is 3. The third-order valence-corrected chi connectivity index (χ3v) is 6.75. The molecule has 1 aliphatic rings. The van der Waals surface area contributed by atoms with E-state index in [9.17, 15) is 4.79 Å². The zero-order valence-corrected chi connectivity index (χ0v) is 17.4. The molecule has 4 heterocycles. The molecule has 5 nitrogen and oxygen atoms in total. The number of carbonyl (C=O) groups excluding carboxylic acids is 1. The molecular weight excluding hydrogens is 412 g/mol. The summed E-state index contributed by atoms with van der Waals surface area (Å²) in [6.07, 6.45) is 10.1. The van der Waals surface area contributed by atoms with Crippen LogP contribution in [0, 0.1) is 0 Å². The quantitative estimate of drug-likeness (QED) is 0.448. The Kier molecular flexibility index (Phi) is 5.13. The second-order valence-corrected chi connectivity index (χ2v) is 8.70. The van der Waals surface area contributed by atoms with Gasteiger partial charge in [0.15, 0.2) is 0 Å². The minimum Gasteiger partial charge on any atom is -0.322 e. The summed E-state index contributed by atoms with van der Waals surface area (Å²) in [5.41, 5.74) is 3.52. The zero-order chi connectivity index (χ0) is 20.3. The van der Waals surface area contributed by atoms with Gasteiger partial charge in [-0.15, -0.1) is 11.3 Å². The Morgan fingerprint density at radius 3 is 2.87 bits per heavy atom. The van der Waals surface area contributed by atoms with Crippen LogP contribution in [-0.4, -0.2) is 20.9 Å². The number of nitrogens with one attached hydrogen (secondary N) is 1. The molecule has 0 atom stereocenters. The van der Waals surface area contributed by atoms with E-state index in [2.05, 4.69) is 26.3 Å². The van der Waals surface area contributed by atoms with E-state index in [1.165, 1.54) is 11.8 Å². The molecule has 0 spiro atoms. The van der Waals surface area contributed by atoms with Crippen molar-refractivity contribution in [3.8, 4) is 10.6 Å². The molecule has 5 rings (SSSR count). The van der Waals surface area contributed by atoms with Crippen LogP contribution in [0.15, 0.2) is 84.2 Å². The Bertz CT molecular complexity index is 1260. The van der Waals surface area contributed by atoms with Gasteiger partial charge in [0.25, 0.3) is 5.91 Å². The van der Waals surface area contributed by atoms with E-state index in [1.807, 2.05) is 60.8 Å². The van der Waals surface area contributed by atoms with Crippen LogP contribution >= 0.6 is 23.1 Å². The van der Waals surface area contributed by atoms with Crippen molar-refractivity contribution in [2.24, 2.45) is 0 Å². The van der Waals surface area contributed by atoms with Gasteiger partial charge in [0, 0.05) is 34.7 Å². The topological polar surface area (TPSA) is 67.8 Å². The third kappa shape index (κ3) is 3.90. The van der Waals surface area contributed by atoms with E-state index in [4.69, 9.17) is 0 Å². The first-order valence-corrected chi connectivity index (χ1v) is 11.0. The molecule has 0 aliphatic carbocycles. The fraction of sp³-hybridized carbons (Fsp3) is 0.0435. The average Bonchev–Trinajstić information content (AvgIpc) is 3.24. The molecule has 30 heavy (non-hydrogen) atoms. The summed E-state index contributed by atoms with van der Waals surface area (Å²) >= 11 is 3.03. The van der Waals surface area contributed by atoms with Crippen LogP contribution in [0.2, 0.25) is 0 Å². The number of hydrogen-bond acceptors (Lipinski definition) is 6. The van der Waals surface area contributed by atoms with Crippen molar-refractivity contribution in [2.45, 2.75) is 6.42 Å². The first-order valence-electron chi connectivity index (χ1n) is 9.38. The smallest absolute Gasteiger partial charge is 0.262 e. The number of anilines is 1. The summed E-state index contributed by atoms with van der Waals surface area (Å²) in [7, 11) is 0. The highest BCUT2D eigenvalue weighted by atomic mass is 32.2. The maximum Gasteiger partial charge on any atom is 0.262 e. The van der Waals surface area contributed by atoms with E-state index in [1.54, 1.807) is 23.7 Å². The molecule has 146 valence electrons. The predicted molar refractivity (Wildman–Crippen MR) is 124 cm³/mol. The molecule has 0 saturated carbocycles. The SMILES string of the molecule is O=C(Nc1cccc(-c2nc3ccncc3s2)c1)C1=CCC=C(c2ccccn2)S1. The second kappa shape index (κ2) is 8.22. The van der Waals surface area contributed by atoms with Crippen LogP contribution in [-0.2, 0) is 4.79 Å². The summed E-state index contributed by atoms with van der Waals surface area (Å²) < 4.78 is 1.04. The van der Waals surface area contributed by atoms with Gasteiger partial charge < -0.3 is 5.32 Å². The number of rotatable bonds is 4. The summed E-state index contributed by atoms with van der Waals surface area (Å²) in [6, 6.07) is 15.5. The lowest BCUT2D eigenvalue weighted by Crippen LogP contribution is -2.13. The molecule has 1 aromatic carbocycles. The Morgan fingerprint density at radius 1 is 1.03 bits per heavy atom. The average molecular weight is 429 g/mol. The van der Waals surface area contributed by atoms with Crippen molar-refractivity contribution in [2.75, 3.05) is 5.32 Å². The van der Waals surface area contributed by atoms with Crippen molar-refractivity contribution < 1.29 is 4.79 Å². The highest BCUT2D eigenvalue weighted by molar-refractivity contribution is 8.12. The highest BCUT2D eigenvalue weighted by Crippen LogP contribution is 2.37. The van der Waals surface area contributed by atoms with Crippen LogP contribution in [0.25, 0.3) is 25.7 Å². The van der Waals surface area contributed by atoms with Gasteiger partial charge in [-0.3, -0.25) is 14.8 Å². The maximum atomic E-state index is 12.9. The molecule has 4 aromatic rings. The molecule has 7 heteroatoms. The number of thioether (sulfide) groups is 1. The van der Waals surface area contributed by atoms with Crippen molar-refractivity contribution in [1.82, 2.24) is 15.0 Å². The third-order valence-electron chi connectivity index (χ3n) is 4.53. The van der Waals surface area contributed by atoms with Gasteiger partial charge in [-0.1, -0.05) is 42.1 Å². The van der Waals surface area contributed by atoms with Crippen LogP contribution in [0.3, 0.4) is 0 Å². The number of benzene rings is 1. The summed E-state index contributed by atoms with van der Waals surface area (Å²) in [4.78, 5) is 27.7. The van der Waals surface area contributed by atoms with Crippen molar-refractivity contribution in [3.63, 3.8) is 0 Å². The Balaban J connectivity index is 1.33. The van der Waals surface area contributed by atoms with E-state index in [0.29, 0.717) is 11.3 Å². The fourth-order valence-electron chi connectivity index (χ4n) is 3.11. The maximum absolute atomic E-state index is 12.9. The number of pyridine rings is 2. The minimum absolute atomic E-state index is 0.118. The number of hydrogen-bond donors (Lipinski definition) is 1. The molecule has 3 aromatic heterocycles. The van der Waals surface area contributed by atoms with Gasteiger partial charge in [0.1, 0.15) is 5.01 Å². The standard InChI is InChI=1S/C23H16N4OS2/c28-22(20-9-4-8-19(29-20)17-7-1-2-11-25-17)26-16-6-3-5-15(13-16)23-27-18-10-12-24-14-21(18)30-23/h1-3,5-14H,4H2,(H,26,28). The summed E-state index contributed by atoms with van der Waals surface area (Å²) in [5, 5.41) is 3.92. The molecular formula is C23H16N4OS2. The highest BCUT2D eigenvalue weighted by Gasteiger charge is 2.18. The predicted octanol–water partition coefficient (Wildman–Crippen LogP) is 5.75. The fourth-order valence-corrected chi connectivity index (χ4v) is 5.00. The van der Waals surface area contributed by atoms with Crippen LogP contribution in [0.1, 0.15) is 12.1 Å². The van der Waals surface area contributed by atoms with Gasteiger partial charge in [0.2, 0.25) is 0 Å². The number of amides is 1. The number of thiazole rings is 1. The van der Waals surface area contributed by atoms with Gasteiger partial charge in [0.05, 0.1) is 20.8 Å². The molecule has 0 radical (unpaired) electrons. The lowest BCUT2D eigenvalue weighted by molar-refractivity contribution is -0.112. The summed E-state index contributed by atoms with van der Waals surface area (Å²) in [5.74, 6) is -0.118. The Hall–Kier alpha value is -3.29. The van der Waals surface area contributed by atoms with E-state index < -0.39 is 0 Å². The Labute approximate surface area is 181 Å². The molecule has 0 fully saturated rings. The van der Waals surface area contributed by atoms with Gasteiger partial charge in [-0.2, -0.15) is 0 Å². The van der Waals surface area contributed by atoms with Gasteiger partial charge in [-0.25, -0.2) is 4.98 Å². The molecule has 0 bridgehead atoms. The van der Waals surface area contributed by atoms with E-state index >= 15 is 0 Å². The van der Waals surface area contributed by atoms with Gasteiger partial charge >= 0.3 is 0 Å². The molecule has 0 saturated heterocycles. The molecule has 0 unspecified atom stereocenters. The minimum atomic E-state index is -0.118. The number of carbonyl (C=O) groups is 1. The summed E-state index contributed by atoms with van der Waals surface area (Å²) in [6.45, 7) is 0. The van der Waals surface area contributed by atoms with E-state index in [-0.39, 0.29) is 5.91 Å². The zero-order valence-electron chi connectivity index (χ0n) is 15.8. The molecule has 1 N–H and O–H groups in total. The Morgan fingerprint density at radius 2 is 2.00 bits per heavy atom. The van der Waals surface area contributed by atoms with Crippen LogP contribution < -0.4 is 5.32 Å². The van der Waals surface area contributed by atoms with Crippen molar-refractivity contribution >= 4 is 49.8 Å². The lowest BCUT2D eigenvalue weighted by atomic mass is 10.2. The van der Waals surface area contributed by atoms with Crippen molar-refractivity contribution in [3.05, 3.63) is 89.9 Å². The largest absolute Gasteiger partial charge is 0.322 e. The number of aromatic nitrogens is 3. The van der Waals surface area contributed by atoms with E-state index in [0.717, 1.165) is 37.1 Å². The van der Waals surface area contributed by atoms with Crippen molar-refractivity contribution in [1.29, 1.82) is 0 Å². The van der Waals surface area contributed by atoms with Gasteiger partial charge in [-0.05, 0) is 36.8 Å². The normalized spacial score (nSPS) is 13.6.